The molecule has 0 aliphatic heterocycles. The number of carbonyl (C=O) groups excluding carboxylic acids is 1. The van der Waals surface area contributed by atoms with E-state index in [4.69, 9.17) is 9.72 Å². The number of fused-ring (bicyclic) bond motifs is 1. The minimum absolute atomic E-state index is 0.0457. The maximum atomic E-state index is 13.5. The number of ether oxygens (including phenoxy) is 1. The van der Waals surface area contributed by atoms with Crippen molar-refractivity contribution in [2.75, 3.05) is 38.7 Å². The second-order valence-electron chi connectivity index (χ2n) is 8.00. The van der Waals surface area contributed by atoms with Crippen molar-refractivity contribution in [3.05, 3.63) is 53.6 Å². The Morgan fingerprint density at radius 2 is 1.90 bits per heavy atom. The third kappa shape index (κ3) is 6.28. The third-order valence-electron chi connectivity index (χ3n) is 5.19. The van der Waals surface area contributed by atoms with E-state index in [-0.39, 0.29) is 5.91 Å². The Hall–Kier alpha value is -2.44. The second kappa shape index (κ2) is 11.3. The number of unbranched alkanes of at least 4 members (excludes halogenated alkanes) is 2. The molecular formula is C25H33N3O2S. The van der Waals surface area contributed by atoms with E-state index in [1.54, 1.807) is 16.2 Å². The highest BCUT2D eigenvalue weighted by Gasteiger charge is 2.22. The van der Waals surface area contributed by atoms with E-state index in [1.165, 1.54) is 5.56 Å². The molecule has 3 rings (SSSR count). The van der Waals surface area contributed by atoms with E-state index in [2.05, 4.69) is 30.9 Å². The highest BCUT2D eigenvalue weighted by atomic mass is 32.1. The molecule has 31 heavy (non-hydrogen) atoms. The summed E-state index contributed by atoms with van der Waals surface area (Å²) in [7, 11) is 4.03. The highest BCUT2D eigenvalue weighted by molar-refractivity contribution is 7.22. The SMILES string of the molecule is CCCCCOc1cccc(C(=O)N(CCN(C)C)c2nc3ccc(CC)cc3s2)c1. The third-order valence-corrected chi connectivity index (χ3v) is 6.24. The first-order valence-corrected chi connectivity index (χ1v) is 11.9. The van der Waals surface area contributed by atoms with Gasteiger partial charge in [-0.1, -0.05) is 50.2 Å². The average molecular weight is 440 g/mol. The topological polar surface area (TPSA) is 45.7 Å². The molecule has 3 aromatic rings. The average Bonchev–Trinajstić information content (AvgIpc) is 3.19. The van der Waals surface area contributed by atoms with E-state index in [1.807, 2.05) is 44.4 Å². The standard InChI is InChI=1S/C25H33N3O2S/c1-5-7-8-16-30-21-11-9-10-20(18-21)24(29)28(15-14-27(3)4)25-26-22-13-12-19(6-2)17-23(22)31-25/h9-13,17-18H,5-8,14-16H2,1-4H3. The van der Waals surface area contributed by atoms with Crippen molar-refractivity contribution >= 4 is 32.6 Å². The fraction of sp³-hybridized carbons (Fsp3) is 0.440. The van der Waals surface area contributed by atoms with Gasteiger partial charge >= 0.3 is 0 Å². The van der Waals surface area contributed by atoms with Crippen LogP contribution in [0.3, 0.4) is 0 Å². The number of aryl methyl sites for hydroxylation is 1. The lowest BCUT2D eigenvalue weighted by molar-refractivity contribution is 0.0984. The molecule has 166 valence electrons. The monoisotopic (exact) mass is 439 g/mol. The first-order chi connectivity index (χ1) is 15.0. The molecule has 0 saturated carbocycles. The molecular weight excluding hydrogens is 406 g/mol. The van der Waals surface area contributed by atoms with E-state index < -0.39 is 0 Å². The molecule has 6 heteroatoms. The van der Waals surface area contributed by atoms with Crippen LogP contribution in [0.25, 0.3) is 10.2 Å². The molecule has 1 heterocycles. The Bertz CT molecular complexity index is 999. The fourth-order valence-electron chi connectivity index (χ4n) is 3.29. The molecule has 1 amide bonds. The van der Waals surface area contributed by atoms with E-state index in [0.717, 1.165) is 53.3 Å². The van der Waals surface area contributed by atoms with Crippen LogP contribution in [0.2, 0.25) is 0 Å². The number of hydrogen-bond acceptors (Lipinski definition) is 5. The van der Waals surface area contributed by atoms with Gasteiger partial charge in [0.1, 0.15) is 5.75 Å². The van der Waals surface area contributed by atoms with Crippen molar-refractivity contribution in [3.8, 4) is 5.75 Å². The van der Waals surface area contributed by atoms with E-state index in [9.17, 15) is 4.79 Å². The van der Waals surface area contributed by atoms with Crippen LogP contribution in [0.15, 0.2) is 42.5 Å². The minimum atomic E-state index is -0.0457. The lowest BCUT2D eigenvalue weighted by Gasteiger charge is -2.22. The first-order valence-electron chi connectivity index (χ1n) is 11.1. The van der Waals surface area contributed by atoms with E-state index in [0.29, 0.717) is 18.7 Å². The lowest BCUT2D eigenvalue weighted by Crippen LogP contribution is -2.36. The van der Waals surface area contributed by atoms with Crippen molar-refractivity contribution in [3.63, 3.8) is 0 Å². The van der Waals surface area contributed by atoms with Gasteiger partial charge in [0.25, 0.3) is 5.91 Å². The predicted octanol–water partition coefficient (Wildman–Crippen LogP) is 5.64. The van der Waals surface area contributed by atoms with Crippen LogP contribution in [-0.2, 0) is 6.42 Å². The molecule has 0 fully saturated rings. The Labute approximate surface area is 189 Å². The summed E-state index contributed by atoms with van der Waals surface area (Å²) < 4.78 is 6.98. The fourth-order valence-corrected chi connectivity index (χ4v) is 4.35. The summed E-state index contributed by atoms with van der Waals surface area (Å²) in [6.07, 6.45) is 4.31. The quantitative estimate of drug-likeness (QED) is 0.363. The number of likely N-dealkylation sites (N-methyl/N-ethyl adjacent to an activating group) is 1. The highest BCUT2D eigenvalue weighted by Crippen LogP contribution is 2.31. The van der Waals surface area contributed by atoms with Crippen LogP contribution >= 0.6 is 11.3 Å². The summed E-state index contributed by atoms with van der Waals surface area (Å²) in [5.74, 6) is 0.696. The molecule has 0 bridgehead atoms. The molecule has 0 atom stereocenters. The zero-order chi connectivity index (χ0) is 22.2. The molecule has 1 aromatic heterocycles. The Morgan fingerprint density at radius 1 is 1.06 bits per heavy atom. The number of nitrogens with zero attached hydrogens (tertiary/aromatic N) is 3. The Balaban J connectivity index is 1.85. The molecule has 0 N–H and O–H groups in total. The Kier molecular flexibility index (Phi) is 8.43. The minimum Gasteiger partial charge on any atom is -0.494 e. The number of aromatic nitrogens is 1. The van der Waals surface area contributed by atoms with Crippen molar-refractivity contribution in [2.24, 2.45) is 0 Å². The number of amides is 1. The lowest BCUT2D eigenvalue weighted by atomic mass is 10.2. The zero-order valence-electron chi connectivity index (χ0n) is 19.1. The molecule has 0 radical (unpaired) electrons. The number of thiazole rings is 1. The van der Waals surface area contributed by atoms with Crippen LogP contribution in [0.1, 0.15) is 49.0 Å². The summed E-state index contributed by atoms with van der Waals surface area (Å²) >= 11 is 1.58. The van der Waals surface area contributed by atoms with Crippen molar-refractivity contribution in [1.82, 2.24) is 9.88 Å². The van der Waals surface area contributed by atoms with Gasteiger partial charge in [-0.3, -0.25) is 9.69 Å². The van der Waals surface area contributed by atoms with Crippen LogP contribution in [0.5, 0.6) is 5.75 Å². The largest absolute Gasteiger partial charge is 0.494 e. The van der Waals surface area contributed by atoms with Gasteiger partial charge in [0.05, 0.1) is 16.8 Å². The summed E-state index contributed by atoms with van der Waals surface area (Å²) in [4.78, 5) is 22.2. The van der Waals surface area contributed by atoms with Crippen molar-refractivity contribution in [1.29, 1.82) is 0 Å². The molecule has 0 unspecified atom stereocenters. The van der Waals surface area contributed by atoms with Gasteiger partial charge in [0.2, 0.25) is 0 Å². The van der Waals surface area contributed by atoms with Crippen LogP contribution in [0.4, 0.5) is 5.13 Å². The van der Waals surface area contributed by atoms with Crippen LogP contribution < -0.4 is 9.64 Å². The van der Waals surface area contributed by atoms with Gasteiger partial charge in [-0.05, 0) is 62.8 Å². The first kappa shape index (κ1) is 23.2. The van der Waals surface area contributed by atoms with Crippen LogP contribution in [-0.4, -0.2) is 49.6 Å². The smallest absolute Gasteiger partial charge is 0.260 e. The van der Waals surface area contributed by atoms with Gasteiger partial charge in [-0.2, -0.15) is 0 Å². The molecule has 0 aliphatic rings. The number of carbonyl (C=O) groups is 1. The maximum Gasteiger partial charge on any atom is 0.260 e. The van der Waals surface area contributed by atoms with Gasteiger partial charge in [-0.15, -0.1) is 0 Å². The maximum absolute atomic E-state index is 13.5. The van der Waals surface area contributed by atoms with Crippen LogP contribution in [0, 0.1) is 0 Å². The molecule has 5 nitrogen and oxygen atoms in total. The normalized spacial score (nSPS) is 11.3. The summed E-state index contributed by atoms with van der Waals surface area (Å²) in [5, 5.41) is 0.740. The van der Waals surface area contributed by atoms with Gasteiger partial charge < -0.3 is 9.64 Å². The van der Waals surface area contributed by atoms with Gasteiger partial charge in [-0.25, -0.2) is 4.98 Å². The van der Waals surface area contributed by atoms with Gasteiger partial charge in [0.15, 0.2) is 5.13 Å². The molecule has 2 aromatic carbocycles. The summed E-state index contributed by atoms with van der Waals surface area (Å²) in [5.41, 5.74) is 2.84. The van der Waals surface area contributed by atoms with E-state index >= 15 is 0 Å². The summed E-state index contributed by atoms with van der Waals surface area (Å²) in [6, 6.07) is 13.8. The number of rotatable bonds is 11. The Morgan fingerprint density at radius 3 is 2.65 bits per heavy atom. The molecule has 0 saturated heterocycles. The summed E-state index contributed by atoms with van der Waals surface area (Å²) in [6.45, 7) is 6.33. The second-order valence-corrected chi connectivity index (χ2v) is 9.00. The van der Waals surface area contributed by atoms with Gasteiger partial charge in [0, 0.05) is 18.7 Å². The predicted molar refractivity (Wildman–Crippen MR) is 131 cm³/mol. The van der Waals surface area contributed by atoms with Crippen molar-refractivity contribution in [2.45, 2.75) is 39.5 Å². The number of hydrogen-bond donors (Lipinski definition) is 0. The van der Waals surface area contributed by atoms with Crippen molar-refractivity contribution < 1.29 is 9.53 Å². The number of anilines is 1. The number of benzene rings is 2. The molecule has 0 aliphatic carbocycles. The molecule has 0 spiro atoms. The zero-order valence-corrected chi connectivity index (χ0v) is 19.9.